The normalized spacial score (nSPS) is 9.25. The van der Waals surface area contributed by atoms with Gasteiger partial charge in [0.2, 0.25) is 12.1 Å². The third-order valence-corrected chi connectivity index (χ3v) is 2.47. The summed E-state index contributed by atoms with van der Waals surface area (Å²) in [5.41, 5.74) is -0.0162. The van der Waals surface area contributed by atoms with E-state index in [1.165, 1.54) is 12.0 Å². The number of nitriles is 1. The fraction of sp³-hybridized carbons (Fsp3) is 0.375. The zero-order valence-corrected chi connectivity index (χ0v) is 9.23. The van der Waals surface area contributed by atoms with Crippen molar-refractivity contribution in [1.29, 1.82) is 5.26 Å². The molecule has 1 rings (SSSR count). The quantitative estimate of drug-likeness (QED) is 0.539. The van der Waals surface area contributed by atoms with Crippen LogP contribution in [0.25, 0.3) is 0 Å². The minimum Gasteiger partial charge on any atom is -0.464 e. The van der Waals surface area contributed by atoms with Crippen molar-refractivity contribution in [2.45, 2.75) is 6.42 Å². The van der Waals surface area contributed by atoms with Crippen LogP contribution in [0.2, 0.25) is 0 Å². The highest BCUT2D eigenvalue weighted by Gasteiger charge is 2.21. The standard InChI is InChI=1S/C8H8N4O3S/c1-15-8(14)6-7(16-11-10-6)12(5-13)4-2-3-9/h5H,2,4H2,1H3. The Bertz CT molecular complexity index is 425. The molecule has 0 aromatic carbocycles. The van der Waals surface area contributed by atoms with Gasteiger partial charge in [-0.25, -0.2) is 4.79 Å². The molecule has 0 unspecified atom stereocenters. The van der Waals surface area contributed by atoms with Crippen molar-refractivity contribution < 1.29 is 14.3 Å². The topological polar surface area (TPSA) is 96.2 Å². The molecule has 7 nitrogen and oxygen atoms in total. The minimum absolute atomic E-state index is 0.0162. The lowest BCUT2D eigenvalue weighted by molar-refractivity contribution is -0.107. The summed E-state index contributed by atoms with van der Waals surface area (Å²) in [7, 11) is 1.21. The lowest BCUT2D eigenvalue weighted by atomic mass is 10.4. The van der Waals surface area contributed by atoms with Crippen LogP contribution < -0.4 is 4.90 Å². The van der Waals surface area contributed by atoms with Gasteiger partial charge in [-0.05, 0) is 0 Å². The van der Waals surface area contributed by atoms with E-state index in [1.807, 2.05) is 6.07 Å². The molecule has 0 saturated carbocycles. The second-order valence-corrected chi connectivity index (χ2v) is 3.36. The number of hydrogen-bond acceptors (Lipinski definition) is 7. The Morgan fingerprint density at radius 3 is 3.06 bits per heavy atom. The van der Waals surface area contributed by atoms with Gasteiger partial charge in [-0.15, -0.1) is 5.10 Å². The van der Waals surface area contributed by atoms with Crippen molar-refractivity contribution in [3.8, 4) is 6.07 Å². The molecule has 0 radical (unpaired) electrons. The maximum atomic E-state index is 11.3. The fourth-order valence-electron chi connectivity index (χ4n) is 0.972. The van der Waals surface area contributed by atoms with Crippen LogP contribution in [0.3, 0.4) is 0 Å². The molecular formula is C8H8N4O3S. The number of aromatic nitrogens is 2. The lowest BCUT2D eigenvalue weighted by Crippen LogP contribution is -2.23. The molecule has 1 heterocycles. The second kappa shape index (κ2) is 5.77. The molecular weight excluding hydrogens is 232 g/mol. The molecule has 0 fully saturated rings. The van der Waals surface area contributed by atoms with Crippen LogP contribution in [0.1, 0.15) is 16.9 Å². The first-order valence-electron chi connectivity index (χ1n) is 4.24. The number of nitrogens with zero attached hydrogens (tertiary/aromatic N) is 4. The highest BCUT2D eigenvalue weighted by atomic mass is 32.1. The number of amides is 1. The van der Waals surface area contributed by atoms with E-state index in [4.69, 9.17) is 5.26 Å². The molecule has 0 spiro atoms. The van der Waals surface area contributed by atoms with Crippen molar-refractivity contribution in [2.24, 2.45) is 0 Å². The summed E-state index contributed by atoms with van der Waals surface area (Å²) in [5.74, 6) is -0.660. The molecule has 0 aliphatic carbocycles. The SMILES string of the molecule is COC(=O)c1nnsc1N(C=O)CCC#N. The fourth-order valence-corrected chi connectivity index (χ4v) is 1.62. The molecule has 1 amide bonds. The highest BCUT2D eigenvalue weighted by Crippen LogP contribution is 2.22. The predicted octanol–water partition coefficient (Wildman–Crippen LogP) is 0.201. The first-order valence-corrected chi connectivity index (χ1v) is 5.01. The van der Waals surface area contributed by atoms with E-state index in [2.05, 4.69) is 14.3 Å². The molecule has 84 valence electrons. The van der Waals surface area contributed by atoms with Crippen LogP contribution in [0, 0.1) is 11.3 Å². The summed E-state index contributed by atoms with van der Waals surface area (Å²) in [5, 5.41) is 12.3. The van der Waals surface area contributed by atoms with Crippen LogP contribution in [0.4, 0.5) is 5.00 Å². The Morgan fingerprint density at radius 2 is 2.50 bits per heavy atom. The van der Waals surface area contributed by atoms with Gasteiger partial charge < -0.3 is 9.64 Å². The van der Waals surface area contributed by atoms with E-state index in [-0.39, 0.29) is 23.7 Å². The van der Waals surface area contributed by atoms with Crippen molar-refractivity contribution in [3.63, 3.8) is 0 Å². The van der Waals surface area contributed by atoms with Crippen LogP contribution in [-0.2, 0) is 9.53 Å². The van der Waals surface area contributed by atoms with Gasteiger partial charge in [-0.2, -0.15) is 5.26 Å². The van der Waals surface area contributed by atoms with Crippen molar-refractivity contribution in [3.05, 3.63) is 5.69 Å². The smallest absolute Gasteiger partial charge is 0.361 e. The van der Waals surface area contributed by atoms with E-state index in [9.17, 15) is 9.59 Å². The maximum Gasteiger partial charge on any atom is 0.361 e. The molecule has 0 N–H and O–H groups in total. The molecule has 16 heavy (non-hydrogen) atoms. The first kappa shape index (κ1) is 12.1. The summed E-state index contributed by atoms with van der Waals surface area (Å²) in [6, 6.07) is 1.90. The van der Waals surface area contributed by atoms with Gasteiger partial charge >= 0.3 is 5.97 Å². The van der Waals surface area contributed by atoms with Crippen LogP contribution >= 0.6 is 11.5 Å². The third kappa shape index (κ3) is 2.52. The minimum atomic E-state index is -0.660. The van der Waals surface area contributed by atoms with Gasteiger partial charge in [0.1, 0.15) is 0 Å². The number of carbonyl (C=O) groups excluding carboxylic acids is 2. The monoisotopic (exact) mass is 240 g/mol. The summed E-state index contributed by atoms with van der Waals surface area (Å²) >= 11 is 0.900. The van der Waals surface area contributed by atoms with E-state index in [0.29, 0.717) is 6.41 Å². The van der Waals surface area contributed by atoms with Crippen molar-refractivity contribution in [1.82, 2.24) is 9.59 Å². The molecule has 0 bridgehead atoms. The number of anilines is 1. The van der Waals surface area contributed by atoms with Gasteiger partial charge in [-0.3, -0.25) is 4.79 Å². The second-order valence-electron chi connectivity index (χ2n) is 2.63. The van der Waals surface area contributed by atoms with Crippen LogP contribution in [0.5, 0.6) is 0 Å². The zero-order valence-electron chi connectivity index (χ0n) is 8.41. The maximum absolute atomic E-state index is 11.3. The molecule has 0 saturated heterocycles. The average molecular weight is 240 g/mol. The van der Waals surface area contributed by atoms with Gasteiger partial charge in [-0.1, -0.05) is 4.49 Å². The molecule has 0 atom stereocenters. The third-order valence-electron chi connectivity index (χ3n) is 1.70. The summed E-state index contributed by atoms with van der Waals surface area (Å²) < 4.78 is 8.07. The Hall–Kier alpha value is -2.01. The Kier molecular flexibility index (Phi) is 4.35. The van der Waals surface area contributed by atoms with Crippen LogP contribution in [0.15, 0.2) is 0 Å². The first-order chi connectivity index (χ1) is 7.74. The van der Waals surface area contributed by atoms with Gasteiger partial charge in [0.15, 0.2) is 5.00 Å². The highest BCUT2D eigenvalue weighted by molar-refractivity contribution is 7.10. The zero-order chi connectivity index (χ0) is 12.0. The van der Waals surface area contributed by atoms with Gasteiger partial charge in [0.25, 0.3) is 0 Å². The van der Waals surface area contributed by atoms with E-state index in [1.54, 1.807) is 0 Å². The number of hydrogen-bond donors (Lipinski definition) is 0. The Morgan fingerprint density at radius 1 is 1.75 bits per heavy atom. The number of esters is 1. The molecule has 1 aromatic heterocycles. The van der Waals surface area contributed by atoms with E-state index >= 15 is 0 Å². The van der Waals surface area contributed by atoms with Crippen LogP contribution in [-0.4, -0.2) is 35.6 Å². The summed E-state index contributed by atoms with van der Waals surface area (Å²) in [6.07, 6.45) is 0.691. The number of methoxy groups -OCH3 is 1. The number of carbonyl (C=O) groups is 2. The van der Waals surface area contributed by atoms with Gasteiger partial charge in [0, 0.05) is 18.1 Å². The van der Waals surface area contributed by atoms with Gasteiger partial charge in [0.05, 0.1) is 19.6 Å². The largest absolute Gasteiger partial charge is 0.464 e. The average Bonchev–Trinajstić information content (AvgIpc) is 2.78. The Labute approximate surface area is 95.4 Å². The molecule has 8 heteroatoms. The lowest BCUT2D eigenvalue weighted by Gasteiger charge is -2.12. The Balaban J connectivity index is 2.93. The summed E-state index contributed by atoms with van der Waals surface area (Å²) in [4.78, 5) is 23.3. The molecule has 1 aromatic rings. The predicted molar refractivity (Wildman–Crippen MR) is 54.9 cm³/mol. The van der Waals surface area contributed by atoms with Crippen molar-refractivity contribution >= 4 is 28.9 Å². The number of ether oxygens (including phenoxy) is 1. The van der Waals surface area contributed by atoms with E-state index < -0.39 is 5.97 Å². The van der Waals surface area contributed by atoms with E-state index in [0.717, 1.165) is 11.5 Å². The molecule has 0 aliphatic rings. The summed E-state index contributed by atoms with van der Waals surface area (Å²) in [6.45, 7) is 0.188. The van der Waals surface area contributed by atoms with Crippen molar-refractivity contribution in [2.75, 3.05) is 18.6 Å². The molecule has 0 aliphatic heterocycles. The number of rotatable bonds is 5.